The molecule has 0 fully saturated rings. The van der Waals surface area contributed by atoms with E-state index in [-0.39, 0.29) is 11.9 Å². The lowest BCUT2D eigenvalue weighted by atomic mass is 9.99. The van der Waals surface area contributed by atoms with Crippen LogP contribution in [0.25, 0.3) is 0 Å². The molecule has 110 valence electrons. The van der Waals surface area contributed by atoms with Crippen LogP contribution in [0.3, 0.4) is 0 Å². The average Bonchev–Trinajstić information content (AvgIpc) is 2.58. The Hall–Kier alpha value is -1.35. The molecule has 0 spiro atoms. The quantitative estimate of drug-likeness (QED) is 0.864. The number of benzene rings is 1. The molecule has 2 N–H and O–H groups in total. The first-order valence-electron chi connectivity index (χ1n) is 7.75. The Morgan fingerprint density at radius 1 is 1.35 bits per heavy atom. The third kappa shape index (κ3) is 3.83. The number of hydrogen-bond acceptors (Lipinski definition) is 2. The second-order valence-electron chi connectivity index (χ2n) is 6.05. The second kappa shape index (κ2) is 6.89. The van der Waals surface area contributed by atoms with Gasteiger partial charge in [0.15, 0.2) is 0 Å². The van der Waals surface area contributed by atoms with Crippen LogP contribution in [0.2, 0.25) is 0 Å². The van der Waals surface area contributed by atoms with Crippen molar-refractivity contribution in [3.05, 3.63) is 29.8 Å². The molecular weight excluding hydrogens is 248 g/mol. The van der Waals surface area contributed by atoms with Crippen LogP contribution < -0.4 is 10.6 Å². The Labute approximate surface area is 122 Å². The Kier molecular flexibility index (Phi) is 5.18. The Morgan fingerprint density at radius 2 is 2.10 bits per heavy atom. The zero-order valence-electron chi connectivity index (χ0n) is 12.8. The zero-order valence-corrected chi connectivity index (χ0v) is 12.8. The fraction of sp³-hybridized carbons (Fsp3) is 0.588. The summed E-state index contributed by atoms with van der Waals surface area (Å²) in [5.74, 6) is 0.800. The number of carbonyl (C=O) groups excluding carboxylic acids is 1. The first kappa shape index (κ1) is 15.0. The number of aryl methyl sites for hydroxylation is 1. The van der Waals surface area contributed by atoms with Gasteiger partial charge in [0.2, 0.25) is 5.91 Å². The standard InChI is InChI=1S/C17H26N2O/c1-4-12(2)11-13(3)18-16-10-9-14-7-5-6-8-15(14)19-17(16)20/h5-8,12-13,16,18H,4,9-11H2,1-3H3,(H,19,20). The largest absolute Gasteiger partial charge is 0.324 e. The molecule has 0 saturated heterocycles. The van der Waals surface area contributed by atoms with Crippen LogP contribution in [0.1, 0.15) is 45.6 Å². The molecule has 0 aromatic heterocycles. The van der Waals surface area contributed by atoms with Gasteiger partial charge in [0, 0.05) is 11.7 Å². The molecule has 2 rings (SSSR count). The van der Waals surface area contributed by atoms with Gasteiger partial charge < -0.3 is 10.6 Å². The summed E-state index contributed by atoms with van der Waals surface area (Å²) in [6.45, 7) is 6.66. The SMILES string of the molecule is CCC(C)CC(C)NC1CCc2ccccc2NC1=O. The van der Waals surface area contributed by atoms with E-state index in [1.54, 1.807) is 0 Å². The number of hydrogen-bond donors (Lipinski definition) is 2. The van der Waals surface area contributed by atoms with E-state index < -0.39 is 0 Å². The Bertz CT molecular complexity index is 458. The molecule has 1 amide bonds. The highest BCUT2D eigenvalue weighted by atomic mass is 16.2. The van der Waals surface area contributed by atoms with E-state index in [0.29, 0.717) is 12.0 Å². The molecule has 3 unspecified atom stereocenters. The van der Waals surface area contributed by atoms with Crippen molar-refractivity contribution in [2.45, 2.75) is 58.5 Å². The highest BCUT2D eigenvalue weighted by Crippen LogP contribution is 2.22. The number of amides is 1. The van der Waals surface area contributed by atoms with Gasteiger partial charge in [0.05, 0.1) is 6.04 Å². The molecule has 1 aliphatic rings. The molecule has 20 heavy (non-hydrogen) atoms. The van der Waals surface area contributed by atoms with Gasteiger partial charge in [-0.05, 0) is 43.7 Å². The van der Waals surface area contributed by atoms with Gasteiger partial charge in [-0.25, -0.2) is 0 Å². The van der Waals surface area contributed by atoms with Crippen molar-refractivity contribution in [3.8, 4) is 0 Å². The molecule has 1 heterocycles. The average molecular weight is 274 g/mol. The van der Waals surface area contributed by atoms with Crippen LogP contribution in [-0.4, -0.2) is 18.0 Å². The summed E-state index contributed by atoms with van der Waals surface area (Å²) in [6, 6.07) is 8.38. The lowest BCUT2D eigenvalue weighted by Gasteiger charge is -2.23. The van der Waals surface area contributed by atoms with Crippen molar-refractivity contribution in [2.24, 2.45) is 5.92 Å². The maximum Gasteiger partial charge on any atom is 0.241 e. The van der Waals surface area contributed by atoms with Gasteiger partial charge in [-0.1, -0.05) is 38.5 Å². The zero-order chi connectivity index (χ0) is 14.5. The van der Waals surface area contributed by atoms with Crippen LogP contribution in [-0.2, 0) is 11.2 Å². The lowest BCUT2D eigenvalue weighted by molar-refractivity contribution is -0.118. The summed E-state index contributed by atoms with van der Waals surface area (Å²) in [7, 11) is 0. The van der Waals surface area contributed by atoms with E-state index in [0.717, 1.165) is 24.9 Å². The third-order valence-electron chi connectivity index (χ3n) is 4.23. The smallest absolute Gasteiger partial charge is 0.241 e. The normalized spacial score (nSPS) is 21.6. The predicted octanol–water partition coefficient (Wildman–Crippen LogP) is 3.35. The summed E-state index contributed by atoms with van der Waals surface area (Å²) in [5.41, 5.74) is 2.20. The van der Waals surface area contributed by atoms with Crippen molar-refractivity contribution in [1.82, 2.24) is 5.32 Å². The minimum atomic E-state index is -0.0820. The summed E-state index contributed by atoms with van der Waals surface area (Å²) in [6.07, 6.45) is 4.12. The monoisotopic (exact) mass is 274 g/mol. The third-order valence-corrected chi connectivity index (χ3v) is 4.23. The highest BCUT2D eigenvalue weighted by molar-refractivity contribution is 5.96. The van der Waals surface area contributed by atoms with E-state index in [9.17, 15) is 4.79 Å². The van der Waals surface area contributed by atoms with Crippen LogP contribution >= 0.6 is 0 Å². The van der Waals surface area contributed by atoms with Gasteiger partial charge in [0.25, 0.3) is 0 Å². The Balaban J connectivity index is 1.96. The van der Waals surface area contributed by atoms with Crippen LogP contribution in [0.5, 0.6) is 0 Å². The van der Waals surface area contributed by atoms with Crippen molar-refractivity contribution >= 4 is 11.6 Å². The number of para-hydroxylation sites is 1. The van der Waals surface area contributed by atoms with Crippen molar-refractivity contribution in [1.29, 1.82) is 0 Å². The number of carbonyl (C=O) groups is 1. The molecule has 0 saturated carbocycles. The van der Waals surface area contributed by atoms with Gasteiger partial charge in [-0.2, -0.15) is 0 Å². The highest BCUT2D eigenvalue weighted by Gasteiger charge is 2.24. The summed E-state index contributed by atoms with van der Waals surface area (Å²) in [5, 5.41) is 6.54. The molecule has 3 atom stereocenters. The molecule has 1 aromatic carbocycles. The maximum absolute atomic E-state index is 12.3. The number of fused-ring (bicyclic) bond motifs is 1. The first-order valence-corrected chi connectivity index (χ1v) is 7.75. The summed E-state index contributed by atoms with van der Waals surface area (Å²) < 4.78 is 0. The Morgan fingerprint density at radius 3 is 2.85 bits per heavy atom. The molecule has 0 aliphatic carbocycles. The fourth-order valence-corrected chi connectivity index (χ4v) is 2.85. The van der Waals surface area contributed by atoms with E-state index in [1.807, 2.05) is 18.2 Å². The van der Waals surface area contributed by atoms with Crippen molar-refractivity contribution < 1.29 is 4.79 Å². The number of nitrogens with one attached hydrogen (secondary N) is 2. The topological polar surface area (TPSA) is 41.1 Å². The molecule has 1 aromatic rings. The predicted molar refractivity (Wildman–Crippen MR) is 83.9 cm³/mol. The second-order valence-corrected chi connectivity index (χ2v) is 6.05. The first-order chi connectivity index (χ1) is 9.60. The van der Waals surface area contributed by atoms with Crippen LogP contribution in [0.15, 0.2) is 24.3 Å². The summed E-state index contributed by atoms with van der Waals surface area (Å²) in [4.78, 5) is 12.3. The van der Waals surface area contributed by atoms with E-state index in [1.165, 1.54) is 12.0 Å². The van der Waals surface area contributed by atoms with Crippen LogP contribution in [0, 0.1) is 5.92 Å². The molecule has 1 aliphatic heterocycles. The molecule has 0 radical (unpaired) electrons. The van der Waals surface area contributed by atoms with E-state index >= 15 is 0 Å². The lowest BCUT2D eigenvalue weighted by Crippen LogP contribution is -2.44. The summed E-state index contributed by atoms with van der Waals surface area (Å²) >= 11 is 0. The minimum absolute atomic E-state index is 0.0820. The van der Waals surface area contributed by atoms with Gasteiger partial charge >= 0.3 is 0 Å². The van der Waals surface area contributed by atoms with Crippen molar-refractivity contribution in [3.63, 3.8) is 0 Å². The van der Waals surface area contributed by atoms with Gasteiger partial charge in [0.1, 0.15) is 0 Å². The van der Waals surface area contributed by atoms with Gasteiger partial charge in [-0.15, -0.1) is 0 Å². The molecule has 0 bridgehead atoms. The minimum Gasteiger partial charge on any atom is -0.324 e. The van der Waals surface area contributed by atoms with E-state index in [2.05, 4.69) is 37.5 Å². The number of rotatable bonds is 5. The number of anilines is 1. The van der Waals surface area contributed by atoms with Gasteiger partial charge in [-0.3, -0.25) is 4.79 Å². The maximum atomic E-state index is 12.3. The molecular formula is C17H26N2O. The molecule has 3 nitrogen and oxygen atoms in total. The fourth-order valence-electron chi connectivity index (χ4n) is 2.85. The molecule has 3 heteroatoms. The van der Waals surface area contributed by atoms with E-state index in [4.69, 9.17) is 0 Å². The van der Waals surface area contributed by atoms with Crippen LogP contribution in [0.4, 0.5) is 5.69 Å². The van der Waals surface area contributed by atoms with Crippen molar-refractivity contribution in [2.75, 3.05) is 5.32 Å².